The third-order valence-electron chi connectivity index (χ3n) is 3.28. The minimum Gasteiger partial charge on any atom is -0.388 e. The molecule has 0 unspecified atom stereocenters. The van der Waals surface area contributed by atoms with Crippen LogP contribution in [0.5, 0.6) is 0 Å². The fraction of sp³-hybridized carbons (Fsp3) is 0.538. The maximum Gasteiger partial charge on any atom is 0.245 e. The number of hydrogen-bond acceptors (Lipinski definition) is 4. The first-order valence-corrected chi connectivity index (χ1v) is 8.60. The highest BCUT2D eigenvalue weighted by molar-refractivity contribution is 7.89. The van der Waals surface area contributed by atoms with Crippen molar-refractivity contribution in [2.45, 2.75) is 43.5 Å². The zero-order valence-corrected chi connectivity index (χ0v) is 13.1. The van der Waals surface area contributed by atoms with E-state index in [2.05, 4.69) is 4.98 Å². The van der Waals surface area contributed by atoms with E-state index in [1.165, 1.54) is 12.3 Å². The number of unbranched alkanes of at least 4 members (excludes halogenated alkanes) is 1. The number of aromatic nitrogens is 1. The standard InChI is InChI=1S/C13H19N3O2S2/c1-2-3-9-16(10-6-7-10)20(17,18)11-5-4-8-15-12(11)13(14)19/h4-5,8,10H,2-3,6-7,9H2,1H3,(H2,14,19). The van der Waals surface area contributed by atoms with Crippen molar-refractivity contribution in [2.24, 2.45) is 5.73 Å². The summed E-state index contributed by atoms with van der Waals surface area (Å²) >= 11 is 4.91. The fourth-order valence-corrected chi connectivity index (χ4v) is 4.20. The molecule has 1 heterocycles. The summed E-state index contributed by atoms with van der Waals surface area (Å²) in [6, 6.07) is 3.24. The van der Waals surface area contributed by atoms with Gasteiger partial charge in [-0.15, -0.1) is 0 Å². The Morgan fingerprint density at radius 3 is 2.80 bits per heavy atom. The molecule has 0 atom stereocenters. The largest absolute Gasteiger partial charge is 0.388 e. The van der Waals surface area contributed by atoms with Crippen molar-refractivity contribution in [1.29, 1.82) is 0 Å². The van der Waals surface area contributed by atoms with E-state index in [-0.39, 0.29) is 21.6 Å². The predicted molar refractivity (Wildman–Crippen MR) is 81.9 cm³/mol. The van der Waals surface area contributed by atoms with Crippen LogP contribution in [0.2, 0.25) is 0 Å². The van der Waals surface area contributed by atoms with Crippen molar-refractivity contribution in [1.82, 2.24) is 9.29 Å². The molecule has 110 valence electrons. The highest BCUT2D eigenvalue weighted by Gasteiger charge is 2.38. The number of nitrogens with two attached hydrogens (primary N) is 1. The SMILES string of the molecule is CCCCN(C1CC1)S(=O)(=O)c1cccnc1C(N)=S. The molecule has 5 nitrogen and oxygen atoms in total. The van der Waals surface area contributed by atoms with Gasteiger partial charge in [0.25, 0.3) is 0 Å². The van der Waals surface area contributed by atoms with Crippen molar-refractivity contribution in [3.63, 3.8) is 0 Å². The van der Waals surface area contributed by atoms with E-state index in [9.17, 15) is 8.42 Å². The molecule has 0 aliphatic heterocycles. The highest BCUT2D eigenvalue weighted by Crippen LogP contribution is 2.32. The average Bonchev–Trinajstić information content (AvgIpc) is 3.23. The molecule has 0 spiro atoms. The molecular formula is C13H19N3O2S2. The van der Waals surface area contributed by atoms with E-state index >= 15 is 0 Å². The lowest BCUT2D eigenvalue weighted by Gasteiger charge is -2.22. The van der Waals surface area contributed by atoms with Crippen LogP contribution in [0.15, 0.2) is 23.2 Å². The Morgan fingerprint density at radius 2 is 2.25 bits per heavy atom. The van der Waals surface area contributed by atoms with Crippen LogP contribution in [0.3, 0.4) is 0 Å². The zero-order valence-electron chi connectivity index (χ0n) is 11.4. The van der Waals surface area contributed by atoms with E-state index in [1.807, 2.05) is 6.92 Å². The molecule has 0 aromatic carbocycles. The second kappa shape index (κ2) is 6.15. The summed E-state index contributed by atoms with van der Waals surface area (Å²) in [6.45, 7) is 2.58. The summed E-state index contributed by atoms with van der Waals surface area (Å²) < 4.78 is 27.2. The van der Waals surface area contributed by atoms with Crippen LogP contribution >= 0.6 is 12.2 Å². The summed E-state index contributed by atoms with van der Waals surface area (Å²) in [7, 11) is -3.58. The summed E-state index contributed by atoms with van der Waals surface area (Å²) in [4.78, 5) is 4.15. The van der Waals surface area contributed by atoms with Gasteiger partial charge in [0.15, 0.2) is 0 Å². The van der Waals surface area contributed by atoms with Gasteiger partial charge in [0.1, 0.15) is 15.6 Å². The van der Waals surface area contributed by atoms with Crippen LogP contribution in [0.4, 0.5) is 0 Å². The number of rotatable bonds is 7. The van der Waals surface area contributed by atoms with E-state index < -0.39 is 10.0 Å². The number of pyridine rings is 1. The van der Waals surface area contributed by atoms with Gasteiger partial charge in [-0.2, -0.15) is 4.31 Å². The third-order valence-corrected chi connectivity index (χ3v) is 5.45. The lowest BCUT2D eigenvalue weighted by Crippen LogP contribution is -2.35. The number of sulfonamides is 1. The Hall–Kier alpha value is -1.05. The molecule has 1 saturated carbocycles. The van der Waals surface area contributed by atoms with Crippen molar-refractivity contribution in [2.75, 3.05) is 6.54 Å². The van der Waals surface area contributed by atoms with Gasteiger partial charge in [-0.25, -0.2) is 8.42 Å². The molecule has 0 amide bonds. The van der Waals surface area contributed by atoms with Gasteiger partial charge >= 0.3 is 0 Å². The molecule has 1 aliphatic rings. The van der Waals surface area contributed by atoms with E-state index in [0.29, 0.717) is 6.54 Å². The van der Waals surface area contributed by atoms with Crippen molar-refractivity contribution >= 4 is 27.2 Å². The van der Waals surface area contributed by atoms with E-state index in [1.54, 1.807) is 10.4 Å². The number of hydrogen-bond donors (Lipinski definition) is 1. The Kier molecular flexibility index (Phi) is 4.72. The van der Waals surface area contributed by atoms with Gasteiger partial charge in [0, 0.05) is 18.8 Å². The summed E-state index contributed by atoms with van der Waals surface area (Å²) in [5.74, 6) is 0. The van der Waals surface area contributed by atoms with Crippen LogP contribution in [0.1, 0.15) is 38.3 Å². The molecule has 0 radical (unpaired) electrons. The second-order valence-electron chi connectivity index (χ2n) is 4.91. The smallest absolute Gasteiger partial charge is 0.245 e. The number of nitrogens with zero attached hydrogens (tertiary/aromatic N) is 2. The van der Waals surface area contributed by atoms with E-state index in [4.69, 9.17) is 18.0 Å². The van der Waals surface area contributed by atoms with Gasteiger partial charge in [-0.3, -0.25) is 4.98 Å². The predicted octanol–water partition coefficient (Wildman–Crippen LogP) is 1.67. The Labute approximate surface area is 125 Å². The Balaban J connectivity index is 2.40. The van der Waals surface area contributed by atoms with Gasteiger partial charge < -0.3 is 5.73 Å². The third kappa shape index (κ3) is 3.16. The van der Waals surface area contributed by atoms with Crippen molar-refractivity contribution in [3.05, 3.63) is 24.0 Å². The number of thiocarbonyl (C=S) groups is 1. The Bertz CT molecular complexity index is 597. The molecular weight excluding hydrogens is 294 g/mol. The minimum atomic E-state index is -3.58. The Morgan fingerprint density at radius 1 is 1.55 bits per heavy atom. The van der Waals surface area contributed by atoms with Crippen LogP contribution in [0, 0.1) is 0 Å². The maximum atomic E-state index is 12.8. The summed E-state index contributed by atoms with van der Waals surface area (Å²) in [6.07, 6.45) is 5.14. The van der Waals surface area contributed by atoms with Gasteiger partial charge in [0.2, 0.25) is 10.0 Å². The first kappa shape index (κ1) is 15.3. The lowest BCUT2D eigenvalue weighted by atomic mass is 10.3. The zero-order chi connectivity index (χ0) is 14.8. The van der Waals surface area contributed by atoms with Gasteiger partial charge in [-0.05, 0) is 31.4 Å². The molecule has 2 rings (SSSR count). The molecule has 1 fully saturated rings. The first-order valence-electron chi connectivity index (χ1n) is 6.75. The second-order valence-corrected chi connectivity index (χ2v) is 7.21. The van der Waals surface area contributed by atoms with Gasteiger partial charge in [-0.1, -0.05) is 25.6 Å². The molecule has 1 aromatic rings. The van der Waals surface area contributed by atoms with Gasteiger partial charge in [0.05, 0.1) is 0 Å². The maximum absolute atomic E-state index is 12.8. The molecule has 1 aromatic heterocycles. The van der Waals surface area contributed by atoms with Crippen LogP contribution in [-0.2, 0) is 10.0 Å². The summed E-state index contributed by atoms with van der Waals surface area (Å²) in [5, 5.41) is 0. The quantitative estimate of drug-likeness (QED) is 0.775. The van der Waals surface area contributed by atoms with Crippen molar-refractivity contribution in [3.8, 4) is 0 Å². The van der Waals surface area contributed by atoms with Crippen LogP contribution < -0.4 is 5.73 Å². The molecule has 1 aliphatic carbocycles. The average molecular weight is 313 g/mol. The van der Waals surface area contributed by atoms with E-state index in [0.717, 1.165) is 25.7 Å². The molecule has 0 saturated heterocycles. The summed E-state index contributed by atoms with van der Waals surface area (Å²) in [5.41, 5.74) is 5.77. The van der Waals surface area contributed by atoms with Crippen LogP contribution in [-0.4, -0.2) is 35.3 Å². The van der Waals surface area contributed by atoms with Crippen LogP contribution in [0.25, 0.3) is 0 Å². The molecule has 7 heteroatoms. The molecule has 2 N–H and O–H groups in total. The topological polar surface area (TPSA) is 76.3 Å². The fourth-order valence-electron chi connectivity index (χ4n) is 2.09. The molecule has 0 bridgehead atoms. The first-order chi connectivity index (χ1) is 9.48. The monoisotopic (exact) mass is 313 g/mol. The van der Waals surface area contributed by atoms with Crippen molar-refractivity contribution < 1.29 is 8.42 Å². The molecule has 20 heavy (non-hydrogen) atoms. The highest BCUT2D eigenvalue weighted by atomic mass is 32.2. The lowest BCUT2D eigenvalue weighted by molar-refractivity contribution is 0.395. The minimum absolute atomic E-state index is 0.00964. The normalized spacial score (nSPS) is 15.5.